The number of hydrogen-bond acceptors (Lipinski definition) is 6. The van der Waals surface area contributed by atoms with Crippen LogP contribution in [-0.4, -0.2) is 37.2 Å². The molecule has 452 valence electrons. The Hall–Kier alpha value is -5.49. The summed E-state index contributed by atoms with van der Waals surface area (Å²) >= 11 is 0. The van der Waals surface area contributed by atoms with Gasteiger partial charge in [-0.05, 0) is 135 Å². The van der Waals surface area contributed by atoms with E-state index in [-0.39, 0.29) is 31.6 Å². The van der Waals surface area contributed by atoms with E-state index >= 15 is 0 Å². The van der Waals surface area contributed by atoms with E-state index < -0.39 is 12.1 Å². The second-order valence-corrected chi connectivity index (χ2v) is 20.6. The van der Waals surface area contributed by atoms with Crippen molar-refractivity contribution in [3.63, 3.8) is 0 Å². The molecule has 0 aliphatic carbocycles. The SMILES string of the molecule is CC/C=C\C/C=C\C/C=C\C/C=C\C/C=C\C/C=C\C/C=C\C/C=C\CCCCCCCCCCCCC(=O)OCC(COC(=O)CCCCCCC/C=C\C/C=C\CCC)OC(=O)C/C=C\C/C=C\C/C=C\C/C=C\C/C=C\CC. The van der Waals surface area contributed by atoms with Gasteiger partial charge in [-0.3, -0.25) is 14.4 Å². The van der Waals surface area contributed by atoms with Crippen LogP contribution in [0.1, 0.15) is 252 Å². The van der Waals surface area contributed by atoms with E-state index in [0.29, 0.717) is 19.3 Å². The number of carbonyl (C=O) groups excluding carboxylic acids is 3. The third-order valence-electron chi connectivity index (χ3n) is 12.9. The molecule has 0 radical (unpaired) electrons. The summed E-state index contributed by atoms with van der Waals surface area (Å²) in [4.78, 5) is 38.2. The zero-order chi connectivity index (χ0) is 58.5. The van der Waals surface area contributed by atoms with Gasteiger partial charge in [0.1, 0.15) is 13.2 Å². The first-order chi connectivity index (χ1) is 40.0. The number of allylic oxidation sites excluding steroid dienone is 29. The fourth-order valence-corrected chi connectivity index (χ4v) is 8.16. The monoisotopic (exact) mass is 1110 g/mol. The van der Waals surface area contributed by atoms with Gasteiger partial charge < -0.3 is 14.2 Å². The van der Waals surface area contributed by atoms with Gasteiger partial charge in [0.05, 0.1) is 6.42 Å². The molecule has 0 heterocycles. The van der Waals surface area contributed by atoms with Crippen LogP contribution in [0.3, 0.4) is 0 Å². The third-order valence-corrected chi connectivity index (χ3v) is 12.9. The van der Waals surface area contributed by atoms with Crippen LogP contribution in [0.4, 0.5) is 0 Å². The Morgan fingerprint density at radius 1 is 0.272 bits per heavy atom. The zero-order valence-corrected chi connectivity index (χ0v) is 51.7. The summed E-state index contributed by atoms with van der Waals surface area (Å²) in [5.41, 5.74) is 0. The van der Waals surface area contributed by atoms with Crippen molar-refractivity contribution in [3.05, 3.63) is 182 Å². The lowest BCUT2D eigenvalue weighted by atomic mass is 10.1. The lowest BCUT2D eigenvalue weighted by Gasteiger charge is -2.18. The Kier molecular flexibility index (Phi) is 62.5. The molecule has 0 saturated carbocycles. The van der Waals surface area contributed by atoms with Crippen LogP contribution in [0.25, 0.3) is 0 Å². The Balaban J connectivity index is 4.31. The van der Waals surface area contributed by atoms with Gasteiger partial charge >= 0.3 is 17.9 Å². The van der Waals surface area contributed by atoms with Crippen LogP contribution in [0, 0.1) is 0 Å². The molecule has 0 fully saturated rings. The van der Waals surface area contributed by atoms with Crippen molar-refractivity contribution in [2.24, 2.45) is 0 Å². The van der Waals surface area contributed by atoms with Crippen LogP contribution in [0.5, 0.6) is 0 Å². The Morgan fingerprint density at radius 3 is 0.815 bits per heavy atom. The maximum atomic E-state index is 12.8. The Labute approximate surface area is 497 Å². The molecule has 0 N–H and O–H groups in total. The molecule has 0 aromatic heterocycles. The summed E-state index contributed by atoms with van der Waals surface area (Å²) in [7, 11) is 0. The van der Waals surface area contributed by atoms with E-state index in [0.717, 1.165) is 154 Å². The van der Waals surface area contributed by atoms with E-state index in [1.807, 2.05) is 6.08 Å². The van der Waals surface area contributed by atoms with Crippen molar-refractivity contribution in [1.29, 1.82) is 0 Å². The van der Waals surface area contributed by atoms with Crippen LogP contribution in [0.2, 0.25) is 0 Å². The number of hydrogen-bond donors (Lipinski definition) is 0. The van der Waals surface area contributed by atoms with Crippen molar-refractivity contribution >= 4 is 17.9 Å². The van der Waals surface area contributed by atoms with Gasteiger partial charge in [0.2, 0.25) is 0 Å². The number of ether oxygens (including phenoxy) is 3. The summed E-state index contributed by atoms with van der Waals surface area (Å²) in [6.45, 7) is 6.23. The largest absolute Gasteiger partial charge is 0.462 e. The van der Waals surface area contributed by atoms with Gasteiger partial charge in [0, 0.05) is 12.8 Å². The van der Waals surface area contributed by atoms with Crippen molar-refractivity contribution in [1.82, 2.24) is 0 Å². The predicted octanol–water partition coefficient (Wildman–Crippen LogP) is 22.4. The highest BCUT2D eigenvalue weighted by atomic mass is 16.6. The molecule has 81 heavy (non-hydrogen) atoms. The van der Waals surface area contributed by atoms with E-state index in [2.05, 4.69) is 191 Å². The highest BCUT2D eigenvalue weighted by Crippen LogP contribution is 2.14. The molecule has 0 rings (SSSR count). The number of unbranched alkanes of at least 4 members (excludes halogenated alkanes) is 16. The molecular formula is C75H116O6. The van der Waals surface area contributed by atoms with Crippen LogP contribution in [0.15, 0.2) is 182 Å². The molecule has 0 aromatic carbocycles. The quantitative estimate of drug-likeness (QED) is 0.0261. The topological polar surface area (TPSA) is 78.9 Å². The summed E-state index contributed by atoms with van der Waals surface area (Å²) in [5.74, 6) is -1.09. The highest BCUT2D eigenvalue weighted by Gasteiger charge is 2.19. The molecule has 1 unspecified atom stereocenters. The molecule has 0 aliphatic heterocycles. The summed E-state index contributed by atoms with van der Waals surface area (Å²) in [6.07, 6.45) is 101. The molecule has 0 amide bonds. The zero-order valence-electron chi connectivity index (χ0n) is 51.7. The van der Waals surface area contributed by atoms with E-state index in [9.17, 15) is 14.4 Å². The van der Waals surface area contributed by atoms with Gasteiger partial charge in [-0.1, -0.05) is 280 Å². The van der Waals surface area contributed by atoms with Crippen LogP contribution in [-0.2, 0) is 28.6 Å². The lowest BCUT2D eigenvalue weighted by Crippen LogP contribution is -2.30. The maximum absolute atomic E-state index is 12.8. The van der Waals surface area contributed by atoms with E-state index in [4.69, 9.17) is 14.2 Å². The lowest BCUT2D eigenvalue weighted by molar-refractivity contribution is -0.166. The van der Waals surface area contributed by atoms with Crippen molar-refractivity contribution in [2.75, 3.05) is 13.2 Å². The number of rotatable bonds is 56. The number of carbonyl (C=O) groups is 3. The molecule has 6 heteroatoms. The van der Waals surface area contributed by atoms with Crippen molar-refractivity contribution in [2.45, 2.75) is 258 Å². The smallest absolute Gasteiger partial charge is 0.310 e. The van der Waals surface area contributed by atoms with Gasteiger partial charge in [-0.2, -0.15) is 0 Å². The van der Waals surface area contributed by atoms with Gasteiger partial charge in [-0.25, -0.2) is 0 Å². The number of esters is 3. The Bertz CT molecular complexity index is 1900. The standard InChI is InChI=1S/C75H116O6/c1-4-7-10-13-16-19-22-25-27-28-29-30-31-32-33-34-35-36-37-38-39-40-41-42-43-44-45-46-48-50-53-56-59-62-65-68-74(77)80-71-72(70-79-73(76)67-64-61-58-55-52-49-24-21-18-15-12-9-6-3)81-75(78)69-66-63-60-57-54-51-47-26-23-20-17-14-11-8-5-2/h7-8,10-12,15-17,19-21,24-27,29-30,32-33,35-36,38-39,41-42,47,54,57,63,66,72H,4-6,9,13-14,18,22-23,28,31,34,37,40,43-46,48-53,55-56,58-62,64-65,67-71H2,1-3H3/b10-7-,11-8-,15-12-,19-16-,20-17-,24-21-,27-25-,30-29-,33-32-,36-35-,39-38-,42-41-,47-26-,57-54-,66-63-. The minimum atomic E-state index is -0.849. The summed E-state index contributed by atoms with van der Waals surface area (Å²) in [5, 5.41) is 0. The minimum Gasteiger partial charge on any atom is -0.462 e. The maximum Gasteiger partial charge on any atom is 0.310 e. The second kappa shape index (κ2) is 67.0. The molecule has 1 atom stereocenters. The third kappa shape index (κ3) is 65.2. The van der Waals surface area contributed by atoms with Crippen LogP contribution >= 0.6 is 0 Å². The van der Waals surface area contributed by atoms with E-state index in [1.54, 1.807) is 6.08 Å². The minimum absolute atomic E-state index is 0.0849. The van der Waals surface area contributed by atoms with Crippen LogP contribution < -0.4 is 0 Å². The molecule has 0 bridgehead atoms. The summed E-state index contributed by atoms with van der Waals surface area (Å²) < 4.78 is 16.8. The fraction of sp³-hybridized carbons (Fsp3) is 0.560. The second-order valence-electron chi connectivity index (χ2n) is 20.6. The average Bonchev–Trinajstić information content (AvgIpc) is 3.46. The first-order valence-corrected chi connectivity index (χ1v) is 32.3. The first-order valence-electron chi connectivity index (χ1n) is 32.3. The molecule has 6 nitrogen and oxygen atoms in total. The van der Waals surface area contributed by atoms with Crippen molar-refractivity contribution in [3.8, 4) is 0 Å². The van der Waals surface area contributed by atoms with E-state index in [1.165, 1.54) is 51.4 Å². The molecule has 0 aliphatic rings. The van der Waals surface area contributed by atoms with Gasteiger partial charge in [0.25, 0.3) is 0 Å². The summed E-state index contributed by atoms with van der Waals surface area (Å²) in [6, 6.07) is 0. The molecule has 0 aromatic rings. The molecule has 0 saturated heterocycles. The molecule has 0 spiro atoms. The first kappa shape index (κ1) is 75.5. The highest BCUT2D eigenvalue weighted by molar-refractivity contribution is 5.72. The fourth-order valence-electron chi connectivity index (χ4n) is 8.16. The van der Waals surface area contributed by atoms with Crippen molar-refractivity contribution < 1.29 is 28.6 Å². The average molecular weight is 1110 g/mol. The van der Waals surface area contributed by atoms with Gasteiger partial charge in [0.15, 0.2) is 6.10 Å². The Morgan fingerprint density at radius 2 is 0.519 bits per heavy atom. The normalized spacial score (nSPS) is 13.4. The van der Waals surface area contributed by atoms with Gasteiger partial charge in [-0.15, -0.1) is 0 Å². The predicted molar refractivity (Wildman–Crippen MR) is 352 cm³/mol. The molecular weight excluding hydrogens is 997 g/mol.